The van der Waals surface area contributed by atoms with Crippen LogP contribution in [0.3, 0.4) is 0 Å². The van der Waals surface area contributed by atoms with Crippen molar-refractivity contribution in [2.75, 3.05) is 31.6 Å². The van der Waals surface area contributed by atoms with Crippen molar-refractivity contribution in [2.45, 2.75) is 25.6 Å². The molecule has 2 aromatic heterocycles. The van der Waals surface area contributed by atoms with Gasteiger partial charge in [-0.05, 0) is 25.3 Å². The van der Waals surface area contributed by atoms with Crippen molar-refractivity contribution in [3.63, 3.8) is 0 Å². The fourth-order valence-corrected chi connectivity index (χ4v) is 3.69. The number of amides is 1. The molecule has 32 heavy (non-hydrogen) atoms. The molecule has 4 rings (SSSR count). The standard InChI is InChI=1S/C17H21N5O3.C2HF3O2/c1-11-7-14(21-25-11)16(23)22-6-3-13-12(9-22)10-24-15(13)8-20-17-18-4-2-5-19-17;3-2(4,5)1(6)7/h2,4-5,7,12-13,15H,3,6,8-10H2,1H3,(H,18,19,20);(H,6,7)/t12-,13-,15-;/m1./s1. The zero-order chi connectivity index (χ0) is 23.3. The third kappa shape index (κ3) is 5.93. The SMILES string of the molecule is Cc1cc(C(=O)N2CC[C@@H]3[C@@H](CO[C@@H]3CNc3ncccn3)C2)no1.O=C(O)C(F)(F)F. The summed E-state index contributed by atoms with van der Waals surface area (Å²) in [5.74, 6) is -0.754. The van der Waals surface area contributed by atoms with Gasteiger partial charge in [0, 0.05) is 44.0 Å². The molecule has 0 aromatic carbocycles. The summed E-state index contributed by atoms with van der Waals surface area (Å²) >= 11 is 0. The minimum atomic E-state index is -5.08. The topological polar surface area (TPSA) is 131 Å². The lowest BCUT2D eigenvalue weighted by Crippen LogP contribution is -2.45. The molecule has 2 aliphatic heterocycles. The lowest BCUT2D eigenvalue weighted by Gasteiger charge is -2.35. The zero-order valence-electron chi connectivity index (χ0n) is 17.1. The van der Waals surface area contributed by atoms with E-state index in [-0.39, 0.29) is 12.0 Å². The third-order valence-electron chi connectivity index (χ3n) is 5.20. The fraction of sp³-hybridized carbons (Fsp3) is 0.526. The number of carboxylic acid groups (broad SMARTS) is 1. The van der Waals surface area contributed by atoms with Crippen LogP contribution in [0.1, 0.15) is 22.7 Å². The number of nitrogens with one attached hydrogen (secondary N) is 1. The number of anilines is 1. The molecule has 0 aliphatic carbocycles. The number of carbonyl (C=O) groups excluding carboxylic acids is 1. The van der Waals surface area contributed by atoms with Crippen LogP contribution in [0.4, 0.5) is 19.1 Å². The second kappa shape index (κ2) is 9.94. The van der Waals surface area contributed by atoms with Gasteiger partial charge < -0.3 is 24.6 Å². The molecular formula is C19H22F3N5O5. The zero-order valence-corrected chi connectivity index (χ0v) is 17.1. The number of fused-ring (bicyclic) bond motifs is 1. The second-order valence-electron chi connectivity index (χ2n) is 7.41. The van der Waals surface area contributed by atoms with E-state index in [0.29, 0.717) is 55.5 Å². The molecule has 0 saturated carbocycles. The number of hydrogen-bond acceptors (Lipinski definition) is 8. The summed E-state index contributed by atoms with van der Waals surface area (Å²) in [5.41, 5.74) is 0.384. The molecule has 2 fully saturated rings. The average molecular weight is 457 g/mol. The molecule has 174 valence electrons. The van der Waals surface area contributed by atoms with Crippen LogP contribution in [0.15, 0.2) is 29.0 Å². The van der Waals surface area contributed by atoms with Gasteiger partial charge >= 0.3 is 12.1 Å². The number of alkyl halides is 3. The number of rotatable bonds is 4. The molecule has 4 heterocycles. The third-order valence-corrected chi connectivity index (χ3v) is 5.20. The Labute approximate surface area is 180 Å². The smallest absolute Gasteiger partial charge is 0.475 e. The van der Waals surface area contributed by atoms with E-state index in [4.69, 9.17) is 19.2 Å². The first-order valence-electron chi connectivity index (χ1n) is 9.80. The van der Waals surface area contributed by atoms with E-state index in [0.717, 1.165) is 6.42 Å². The van der Waals surface area contributed by atoms with Crippen molar-refractivity contribution in [3.05, 3.63) is 36.0 Å². The Morgan fingerprint density at radius 3 is 2.59 bits per heavy atom. The Morgan fingerprint density at radius 2 is 2.00 bits per heavy atom. The van der Waals surface area contributed by atoms with Gasteiger partial charge in [-0.1, -0.05) is 5.16 Å². The van der Waals surface area contributed by atoms with E-state index >= 15 is 0 Å². The predicted molar refractivity (Wildman–Crippen MR) is 103 cm³/mol. The Hall–Kier alpha value is -3.22. The largest absolute Gasteiger partial charge is 0.490 e. The summed E-state index contributed by atoms with van der Waals surface area (Å²) in [7, 11) is 0. The van der Waals surface area contributed by atoms with Gasteiger partial charge in [0.15, 0.2) is 5.69 Å². The van der Waals surface area contributed by atoms with Crippen molar-refractivity contribution in [2.24, 2.45) is 11.8 Å². The number of piperidine rings is 1. The summed E-state index contributed by atoms with van der Waals surface area (Å²) < 4.78 is 42.7. The maximum atomic E-state index is 12.5. The number of carboxylic acids is 1. The van der Waals surface area contributed by atoms with E-state index in [2.05, 4.69) is 20.4 Å². The number of halogens is 3. The lowest BCUT2D eigenvalue weighted by atomic mass is 9.84. The molecule has 3 atom stereocenters. The highest BCUT2D eigenvalue weighted by Crippen LogP contribution is 2.34. The number of nitrogens with zero attached hydrogens (tertiary/aromatic N) is 4. The molecule has 2 aromatic rings. The van der Waals surface area contributed by atoms with E-state index in [1.807, 2.05) is 4.90 Å². The Kier molecular flexibility index (Phi) is 7.28. The molecule has 10 nitrogen and oxygen atoms in total. The van der Waals surface area contributed by atoms with Crippen LogP contribution in [0.5, 0.6) is 0 Å². The van der Waals surface area contributed by atoms with E-state index < -0.39 is 12.1 Å². The molecule has 2 aliphatic rings. The highest BCUT2D eigenvalue weighted by Gasteiger charge is 2.42. The summed E-state index contributed by atoms with van der Waals surface area (Å²) in [6, 6.07) is 3.47. The number of aryl methyl sites for hydroxylation is 1. The maximum Gasteiger partial charge on any atom is 0.490 e. The highest BCUT2D eigenvalue weighted by molar-refractivity contribution is 5.92. The van der Waals surface area contributed by atoms with Crippen molar-refractivity contribution in [1.29, 1.82) is 0 Å². The van der Waals surface area contributed by atoms with Gasteiger partial charge in [0.1, 0.15) is 5.76 Å². The Balaban J connectivity index is 0.000000360. The number of hydrogen-bond donors (Lipinski definition) is 2. The summed E-state index contributed by atoms with van der Waals surface area (Å²) in [5, 5.41) is 14.2. The van der Waals surface area contributed by atoms with Crippen LogP contribution in [-0.2, 0) is 9.53 Å². The van der Waals surface area contributed by atoms with Gasteiger partial charge in [-0.25, -0.2) is 14.8 Å². The average Bonchev–Trinajstić information content (AvgIpc) is 3.38. The van der Waals surface area contributed by atoms with Crippen LogP contribution in [-0.4, -0.2) is 75.5 Å². The normalized spacial score (nSPS) is 22.5. The number of aliphatic carboxylic acids is 1. The van der Waals surface area contributed by atoms with E-state index in [9.17, 15) is 18.0 Å². The van der Waals surface area contributed by atoms with E-state index in [1.165, 1.54) is 0 Å². The summed E-state index contributed by atoms with van der Waals surface area (Å²) in [6.07, 6.45) is -0.609. The van der Waals surface area contributed by atoms with Crippen molar-refractivity contribution >= 4 is 17.8 Å². The molecule has 0 unspecified atom stereocenters. The number of carbonyl (C=O) groups is 2. The van der Waals surface area contributed by atoms with Crippen LogP contribution in [0.25, 0.3) is 0 Å². The maximum absolute atomic E-state index is 12.5. The molecule has 13 heteroatoms. The molecule has 2 saturated heterocycles. The first-order valence-corrected chi connectivity index (χ1v) is 9.80. The van der Waals surface area contributed by atoms with Gasteiger partial charge in [0.2, 0.25) is 5.95 Å². The first kappa shape index (κ1) is 23.4. The minimum absolute atomic E-state index is 0.0606. The summed E-state index contributed by atoms with van der Waals surface area (Å²) in [4.78, 5) is 31.6. The van der Waals surface area contributed by atoms with E-state index in [1.54, 1.807) is 31.5 Å². The Morgan fingerprint density at radius 1 is 1.31 bits per heavy atom. The number of likely N-dealkylation sites (tertiary alicyclic amines) is 1. The van der Waals surface area contributed by atoms with Crippen LogP contribution in [0.2, 0.25) is 0 Å². The highest BCUT2D eigenvalue weighted by atomic mass is 19.4. The number of aromatic nitrogens is 3. The van der Waals surface area contributed by atoms with Gasteiger partial charge in [0.25, 0.3) is 5.91 Å². The van der Waals surface area contributed by atoms with Crippen molar-refractivity contribution in [1.82, 2.24) is 20.0 Å². The van der Waals surface area contributed by atoms with Crippen LogP contribution in [0, 0.1) is 18.8 Å². The monoisotopic (exact) mass is 457 g/mol. The molecule has 0 radical (unpaired) electrons. The fourth-order valence-electron chi connectivity index (χ4n) is 3.69. The molecule has 1 amide bonds. The quantitative estimate of drug-likeness (QED) is 0.708. The van der Waals surface area contributed by atoms with Crippen LogP contribution < -0.4 is 5.32 Å². The second-order valence-corrected chi connectivity index (χ2v) is 7.41. The van der Waals surface area contributed by atoms with Crippen LogP contribution >= 0.6 is 0 Å². The predicted octanol–water partition coefficient (Wildman–Crippen LogP) is 2.00. The molecule has 0 bridgehead atoms. The molecule has 0 spiro atoms. The Bertz CT molecular complexity index is 924. The summed E-state index contributed by atoms with van der Waals surface area (Å²) in [6.45, 7) is 4.56. The lowest BCUT2D eigenvalue weighted by molar-refractivity contribution is -0.192. The van der Waals surface area contributed by atoms with Gasteiger partial charge in [-0.3, -0.25) is 4.79 Å². The number of ether oxygens (including phenoxy) is 1. The first-order chi connectivity index (χ1) is 15.1. The van der Waals surface area contributed by atoms with Gasteiger partial charge in [0.05, 0.1) is 12.7 Å². The minimum Gasteiger partial charge on any atom is -0.475 e. The molecule has 2 N–H and O–H groups in total. The van der Waals surface area contributed by atoms with Crippen molar-refractivity contribution < 1.29 is 37.1 Å². The molecular weight excluding hydrogens is 435 g/mol. The van der Waals surface area contributed by atoms with Gasteiger partial charge in [-0.15, -0.1) is 0 Å². The van der Waals surface area contributed by atoms with Gasteiger partial charge in [-0.2, -0.15) is 13.2 Å². The van der Waals surface area contributed by atoms with Crippen molar-refractivity contribution in [3.8, 4) is 0 Å².